The van der Waals surface area contributed by atoms with Crippen LogP contribution in [0.25, 0.3) is 0 Å². The minimum Gasteiger partial charge on any atom is -0.301 e. The van der Waals surface area contributed by atoms with Crippen molar-refractivity contribution in [3.63, 3.8) is 0 Å². The number of hydrogen-bond acceptors (Lipinski definition) is 4. The van der Waals surface area contributed by atoms with Crippen molar-refractivity contribution in [2.24, 2.45) is 0 Å². The summed E-state index contributed by atoms with van der Waals surface area (Å²) in [6.45, 7) is 0. The van der Waals surface area contributed by atoms with E-state index in [0.29, 0.717) is 15.4 Å². The molecule has 1 aromatic carbocycles. The minimum atomic E-state index is -0.245. The highest BCUT2D eigenvalue weighted by atomic mass is 35.5. The number of nitrogens with zero attached hydrogens (tertiary/aromatic N) is 1. The molecule has 1 fully saturated rings. The summed E-state index contributed by atoms with van der Waals surface area (Å²) in [6, 6.07) is 7.59. The minimum absolute atomic E-state index is 0.0193. The van der Waals surface area contributed by atoms with Crippen molar-refractivity contribution in [3.05, 3.63) is 46.4 Å². The fraction of sp³-hybridized carbons (Fsp3) is 0.375. The molecule has 0 radical (unpaired) electrons. The summed E-state index contributed by atoms with van der Waals surface area (Å²) >= 11 is 9.28. The zero-order valence-electron chi connectivity index (χ0n) is 12.0. The zero-order valence-corrected chi connectivity index (χ0v) is 14.4. The lowest BCUT2D eigenvalue weighted by Gasteiger charge is -2.20. The van der Waals surface area contributed by atoms with Crippen LogP contribution in [0, 0.1) is 0 Å². The van der Waals surface area contributed by atoms with E-state index in [1.165, 1.54) is 37.0 Å². The van der Waals surface area contributed by atoms with Crippen LogP contribution in [0.5, 0.6) is 0 Å². The second kappa shape index (κ2) is 7.49. The van der Waals surface area contributed by atoms with Gasteiger partial charge in [-0.05, 0) is 30.5 Å². The molecule has 1 aliphatic carbocycles. The normalized spacial score (nSPS) is 16.6. The lowest BCUT2D eigenvalue weighted by molar-refractivity contribution is -0.115. The van der Waals surface area contributed by atoms with Crippen molar-refractivity contribution in [1.82, 2.24) is 4.98 Å². The Balaban J connectivity index is 1.79. The Kier molecular flexibility index (Phi) is 5.39. The number of carbonyl (C=O) groups excluding carboxylic acids is 1. The van der Waals surface area contributed by atoms with Gasteiger partial charge in [-0.2, -0.15) is 0 Å². The number of thioether (sulfide) groups is 1. The highest BCUT2D eigenvalue weighted by Crippen LogP contribution is 2.40. The molecule has 0 saturated heterocycles. The summed E-state index contributed by atoms with van der Waals surface area (Å²) in [7, 11) is 0. The van der Waals surface area contributed by atoms with Crippen molar-refractivity contribution < 1.29 is 4.79 Å². The maximum atomic E-state index is 12.7. The Labute approximate surface area is 143 Å². The monoisotopic (exact) mass is 352 g/mol. The molecule has 2 aromatic rings. The number of rotatable bonds is 5. The molecule has 1 saturated carbocycles. The fourth-order valence-electron chi connectivity index (χ4n) is 2.63. The average Bonchev–Trinajstić information content (AvgIpc) is 3.18. The third kappa shape index (κ3) is 4.03. The first-order valence-corrected chi connectivity index (χ1v) is 9.54. The Morgan fingerprint density at radius 2 is 2.23 bits per heavy atom. The molecule has 1 aliphatic rings. The highest BCUT2D eigenvalue weighted by Gasteiger charge is 2.27. The van der Waals surface area contributed by atoms with Gasteiger partial charge in [0.2, 0.25) is 5.91 Å². The Bertz CT molecular complexity index is 627. The van der Waals surface area contributed by atoms with Crippen LogP contribution in [0.2, 0.25) is 5.02 Å². The summed E-state index contributed by atoms with van der Waals surface area (Å²) in [5, 5.41) is 6.38. The van der Waals surface area contributed by atoms with Gasteiger partial charge in [0, 0.05) is 21.8 Å². The van der Waals surface area contributed by atoms with Gasteiger partial charge in [0.15, 0.2) is 5.13 Å². The maximum Gasteiger partial charge on any atom is 0.243 e. The van der Waals surface area contributed by atoms with E-state index in [1.54, 1.807) is 18.0 Å². The molecule has 0 spiro atoms. The lowest BCUT2D eigenvalue weighted by atomic mass is 10.1. The first-order chi connectivity index (χ1) is 10.7. The summed E-state index contributed by atoms with van der Waals surface area (Å²) in [4.78, 5) is 16.8. The molecular formula is C16H17ClN2OS2. The third-order valence-electron chi connectivity index (χ3n) is 3.68. The van der Waals surface area contributed by atoms with Crippen LogP contribution in [-0.2, 0) is 4.79 Å². The van der Waals surface area contributed by atoms with Gasteiger partial charge in [-0.15, -0.1) is 23.1 Å². The van der Waals surface area contributed by atoms with Crippen molar-refractivity contribution in [2.45, 2.75) is 36.2 Å². The van der Waals surface area contributed by atoms with Crippen LogP contribution >= 0.6 is 34.7 Å². The zero-order chi connectivity index (χ0) is 15.4. The van der Waals surface area contributed by atoms with E-state index in [0.717, 1.165) is 5.56 Å². The molecule has 22 heavy (non-hydrogen) atoms. The van der Waals surface area contributed by atoms with Crippen molar-refractivity contribution in [3.8, 4) is 0 Å². The Morgan fingerprint density at radius 1 is 1.41 bits per heavy atom. The van der Waals surface area contributed by atoms with E-state index >= 15 is 0 Å². The quantitative estimate of drug-likeness (QED) is 0.808. The first-order valence-electron chi connectivity index (χ1n) is 7.33. The van der Waals surface area contributed by atoms with Gasteiger partial charge in [0.05, 0.1) is 0 Å². The predicted molar refractivity (Wildman–Crippen MR) is 94.8 cm³/mol. The molecule has 1 heterocycles. The van der Waals surface area contributed by atoms with Gasteiger partial charge < -0.3 is 5.32 Å². The number of benzene rings is 1. The molecule has 3 nitrogen and oxygen atoms in total. The maximum absolute atomic E-state index is 12.7. The summed E-state index contributed by atoms with van der Waals surface area (Å²) in [5.74, 6) is -0.0193. The third-order valence-corrected chi connectivity index (χ3v) is 6.22. The standard InChI is InChI=1S/C16H17ClN2OS2/c17-12-5-3-4-11(10-12)14(22-13-6-1-2-7-13)15(20)19-16-18-8-9-21-16/h3-5,8-10,13-14H,1-2,6-7H2,(H,18,19,20). The van der Waals surface area contributed by atoms with Crippen LogP contribution in [0.15, 0.2) is 35.8 Å². The topological polar surface area (TPSA) is 42.0 Å². The van der Waals surface area contributed by atoms with Crippen molar-refractivity contribution in [2.75, 3.05) is 5.32 Å². The summed E-state index contributed by atoms with van der Waals surface area (Å²) in [6.07, 6.45) is 6.58. The molecular weight excluding hydrogens is 336 g/mol. The van der Waals surface area contributed by atoms with Crippen LogP contribution in [0.3, 0.4) is 0 Å². The number of nitrogens with one attached hydrogen (secondary N) is 1. The molecule has 0 bridgehead atoms. The van der Waals surface area contributed by atoms with E-state index in [2.05, 4.69) is 10.3 Å². The molecule has 1 unspecified atom stereocenters. The molecule has 3 rings (SSSR count). The van der Waals surface area contributed by atoms with Crippen molar-refractivity contribution in [1.29, 1.82) is 0 Å². The fourth-order valence-corrected chi connectivity index (χ4v) is 4.84. The van der Waals surface area contributed by atoms with Crippen LogP contribution in [0.4, 0.5) is 5.13 Å². The van der Waals surface area contributed by atoms with Crippen molar-refractivity contribution >= 4 is 45.7 Å². The van der Waals surface area contributed by atoms with E-state index in [9.17, 15) is 4.79 Å². The van der Waals surface area contributed by atoms with Crippen LogP contribution in [0.1, 0.15) is 36.5 Å². The number of thiazole rings is 1. The van der Waals surface area contributed by atoms with E-state index in [4.69, 9.17) is 11.6 Å². The van der Waals surface area contributed by atoms with Gasteiger partial charge in [0.25, 0.3) is 0 Å². The summed E-state index contributed by atoms with van der Waals surface area (Å²) in [5.41, 5.74) is 0.957. The number of aromatic nitrogens is 1. The smallest absolute Gasteiger partial charge is 0.243 e. The average molecular weight is 353 g/mol. The largest absolute Gasteiger partial charge is 0.301 e. The molecule has 0 aliphatic heterocycles. The highest BCUT2D eigenvalue weighted by molar-refractivity contribution is 8.00. The molecule has 1 aromatic heterocycles. The number of halogens is 1. The number of carbonyl (C=O) groups is 1. The first kappa shape index (κ1) is 15.8. The van der Waals surface area contributed by atoms with Crippen LogP contribution < -0.4 is 5.32 Å². The SMILES string of the molecule is O=C(Nc1nccs1)C(SC1CCCC1)c1cccc(Cl)c1. The molecule has 116 valence electrons. The van der Waals surface area contributed by atoms with Gasteiger partial charge in [-0.3, -0.25) is 4.79 Å². The molecule has 1 atom stereocenters. The number of amides is 1. The second-order valence-corrected chi connectivity index (χ2v) is 8.05. The van der Waals surface area contributed by atoms with Gasteiger partial charge in [0.1, 0.15) is 5.25 Å². The predicted octanol–water partition coefficient (Wildman–Crippen LogP) is 5.15. The van der Waals surface area contributed by atoms with E-state index < -0.39 is 0 Å². The molecule has 1 N–H and O–H groups in total. The van der Waals surface area contributed by atoms with Gasteiger partial charge in [-0.25, -0.2) is 4.98 Å². The Hall–Kier alpha value is -1.04. The van der Waals surface area contributed by atoms with Gasteiger partial charge in [-0.1, -0.05) is 36.6 Å². The van der Waals surface area contributed by atoms with Gasteiger partial charge >= 0.3 is 0 Å². The van der Waals surface area contributed by atoms with E-state index in [-0.39, 0.29) is 11.2 Å². The summed E-state index contributed by atoms with van der Waals surface area (Å²) < 4.78 is 0. The number of anilines is 1. The Morgan fingerprint density at radius 3 is 2.91 bits per heavy atom. The lowest BCUT2D eigenvalue weighted by Crippen LogP contribution is -2.20. The molecule has 6 heteroatoms. The number of hydrogen-bond donors (Lipinski definition) is 1. The molecule has 1 amide bonds. The second-order valence-electron chi connectivity index (χ2n) is 5.30. The van der Waals surface area contributed by atoms with Crippen LogP contribution in [-0.4, -0.2) is 16.1 Å². The van der Waals surface area contributed by atoms with E-state index in [1.807, 2.05) is 29.6 Å².